The van der Waals surface area contributed by atoms with E-state index in [4.69, 9.17) is 5.73 Å². The van der Waals surface area contributed by atoms with E-state index in [1.54, 1.807) is 0 Å². The molecule has 3 N–H and O–H groups in total. The molecule has 0 atom stereocenters. The van der Waals surface area contributed by atoms with Crippen LogP contribution in [-0.4, -0.2) is 16.0 Å². The van der Waals surface area contributed by atoms with Crippen LogP contribution in [0.1, 0.15) is 32.1 Å². The first kappa shape index (κ1) is 13.9. The summed E-state index contributed by atoms with van der Waals surface area (Å²) in [5.41, 5.74) is 7.37. The molecule has 21 heavy (non-hydrogen) atoms. The number of carbonyl (C=O) groups excluding carboxylic acids is 1. The van der Waals surface area contributed by atoms with Crippen LogP contribution in [0.5, 0.6) is 0 Å². The van der Waals surface area contributed by atoms with Gasteiger partial charge in [0, 0.05) is 23.8 Å². The number of nitrogens with two attached hydrogens (primary N) is 1. The lowest BCUT2D eigenvalue weighted by Gasteiger charge is -2.31. The number of rotatable bonds is 3. The molecular weight excluding hydrogens is 262 g/mol. The summed E-state index contributed by atoms with van der Waals surface area (Å²) in [4.78, 5) is 12.4. The maximum atomic E-state index is 12.4. The molecule has 110 valence electrons. The molecule has 4 heteroatoms. The van der Waals surface area contributed by atoms with Gasteiger partial charge in [-0.1, -0.05) is 25.3 Å². The van der Waals surface area contributed by atoms with Gasteiger partial charge in [0.25, 0.3) is 0 Å². The first-order valence-corrected chi connectivity index (χ1v) is 7.51. The molecule has 1 amide bonds. The van der Waals surface area contributed by atoms with Gasteiger partial charge < -0.3 is 15.6 Å². The number of amides is 1. The van der Waals surface area contributed by atoms with Crippen molar-refractivity contribution in [1.82, 2.24) is 4.57 Å². The molecule has 1 heterocycles. The molecule has 1 fully saturated rings. The summed E-state index contributed by atoms with van der Waals surface area (Å²) < 4.78 is 2.01. The SMILES string of the molecule is NC1(C(=O)Nc2cccc(-n3cccc3)c2)CCCCC1. The Morgan fingerprint density at radius 2 is 1.81 bits per heavy atom. The molecule has 2 aromatic rings. The van der Waals surface area contributed by atoms with Crippen molar-refractivity contribution in [3.63, 3.8) is 0 Å². The molecule has 4 nitrogen and oxygen atoms in total. The Hall–Kier alpha value is -2.07. The third-order valence-corrected chi connectivity index (χ3v) is 4.20. The van der Waals surface area contributed by atoms with Crippen molar-refractivity contribution in [2.45, 2.75) is 37.6 Å². The summed E-state index contributed by atoms with van der Waals surface area (Å²) in [7, 11) is 0. The van der Waals surface area contributed by atoms with E-state index in [2.05, 4.69) is 5.32 Å². The molecule has 0 unspecified atom stereocenters. The highest BCUT2D eigenvalue weighted by molar-refractivity contribution is 5.98. The van der Waals surface area contributed by atoms with Gasteiger partial charge in [0.2, 0.25) is 5.91 Å². The zero-order valence-electron chi connectivity index (χ0n) is 12.1. The van der Waals surface area contributed by atoms with Gasteiger partial charge in [-0.2, -0.15) is 0 Å². The van der Waals surface area contributed by atoms with Crippen molar-refractivity contribution in [2.24, 2.45) is 5.73 Å². The Morgan fingerprint density at radius 3 is 2.52 bits per heavy atom. The fourth-order valence-electron chi connectivity index (χ4n) is 2.92. The van der Waals surface area contributed by atoms with Crippen LogP contribution in [0, 0.1) is 0 Å². The first-order valence-electron chi connectivity index (χ1n) is 7.51. The Bertz CT molecular complexity index is 613. The van der Waals surface area contributed by atoms with Crippen molar-refractivity contribution in [3.05, 3.63) is 48.8 Å². The van der Waals surface area contributed by atoms with E-state index in [9.17, 15) is 4.79 Å². The van der Waals surface area contributed by atoms with Gasteiger partial charge in [-0.15, -0.1) is 0 Å². The summed E-state index contributed by atoms with van der Waals surface area (Å²) >= 11 is 0. The Morgan fingerprint density at radius 1 is 1.10 bits per heavy atom. The number of benzene rings is 1. The summed E-state index contributed by atoms with van der Waals surface area (Å²) in [6.45, 7) is 0. The fraction of sp³-hybridized carbons (Fsp3) is 0.353. The molecule has 0 bridgehead atoms. The van der Waals surface area contributed by atoms with Crippen LogP contribution in [-0.2, 0) is 4.79 Å². The van der Waals surface area contributed by atoms with Gasteiger partial charge in [-0.05, 0) is 43.2 Å². The molecule has 0 radical (unpaired) electrons. The molecular formula is C17H21N3O. The number of aromatic nitrogens is 1. The van der Waals surface area contributed by atoms with Crippen molar-refractivity contribution < 1.29 is 4.79 Å². The summed E-state index contributed by atoms with van der Waals surface area (Å²) in [6.07, 6.45) is 8.75. The number of hydrogen-bond acceptors (Lipinski definition) is 2. The average Bonchev–Trinajstić information content (AvgIpc) is 3.02. The highest BCUT2D eigenvalue weighted by atomic mass is 16.2. The first-order chi connectivity index (χ1) is 10.2. The molecule has 3 rings (SSSR count). The maximum Gasteiger partial charge on any atom is 0.244 e. The Balaban J connectivity index is 1.76. The van der Waals surface area contributed by atoms with Crippen molar-refractivity contribution in [2.75, 3.05) is 5.32 Å². The van der Waals surface area contributed by atoms with Gasteiger partial charge in [0.15, 0.2) is 0 Å². The largest absolute Gasteiger partial charge is 0.324 e. The van der Waals surface area contributed by atoms with Crippen LogP contribution >= 0.6 is 0 Å². The predicted molar refractivity (Wildman–Crippen MR) is 84.4 cm³/mol. The van der Waals surface area contributed by atoms with Crippen LogP contribution in [0.2, 0.25) is 0 Å². The Kier molecular flexibility index (Phi) is 3.80. The van der Waals surface area contributed by atoms with E-state index in [1.165, 1.54) is 6.42 Å². The van der Waals surface area contributed by atoms with E-state index in [-0.39, 0.29) is 5.91 Å². The van der Waals surface area contributed by atoms with Crippen LogP contribution in [0.4, 0.5) is 5.69 Å². The second-order valence-corrected chi connectivity index (χ2v) is 5.81. The van der Waals surface area contributed by atoms with Gasteiger partial charge in [-0.3, -0.25) is 4.79 Å². The third kappa shape index (κ3) is 3.00. The van der Waals surface area contributed by atoms with Gasteiger partial charge in [0.05, 0.1) is 5.54 Å². The molecule has 0 spiro atoms. The molecule has 1 saturated carbocycles. The van der Waals surface area contributed by atoms with E-state index in [0.717, 1.165) is 37.1 Å². The lowest BCUT2D eigenvalue weighted by molar-refractivity contribution is -0.122. The third-order valence-electron chi connectivity index (χ3n) is 4.20. The summed E-state index contributed by atoms with van der Waals surface area (Å²) in [5, 5.41) is 2.98. The highest BCUT2D eigenvalue weighted by Gasteiger charge is 2.35. The molecule has 1 aromatic carbocycles. The zero-order valence-corrected chi connectivity index (χ0v) is 12.1. The smallest absolute Gasteiger partial charge is 0.244 e. The average molecular weight is 283 g/mol. The van der Waals surface area contributed by atoms with Crippen LogP contribution in [0.15, 0.2) is 48.8 Å². The normalized spacial score (nSPS) is 17.4. The van der Waals surface area contributed by atoms with E-state index in [0.29, 0.717) is 0 Å². The van der Waals surface area contributed by atoms with Gasteiger partial charge >= 0.3 is 0 Å². The highest BCUT2D eigenvalue weighted by Crippen LogP contribution is 2.27. The second kappa shape index (κ2) is 5.74. The van der Waals surface area contributed by atoms with E-state index >= 15 is 0 Å². The molecule has 0 saturated heterocycles. The minimum atomic E-state index is -0.707. The number of hydrogen-bond donors (Lipinski definition) is 2. The van der Waals surface area contributed by atoms with E-state index < -0.39 is 5.54 Å². The minimum Gasteiger partial charge on any atom is -0.324 e. The molecule has 1 aliphatic rings. The van der Waals surface area contributed by atoms with Crippen molar-refractivity contribution in [3.8, 4) is 5.69 Å². The lowest BCUT2D eigenvalue weighted by atomic mass is 9.82. The minimum absolute atomic E-state index is 0.0631. The number of nitrogens with zero attached hydrogens (tertiary/aromatic N) is 1. The standard InChI is InChI=1S/C17H21N3O/c18-17(9-2-1-3-10-17)16(21)19-14-7-6-8-15(13-14)20-11-4-5-12-20/h4-8,11-13H,1-3,9-10,18H2,(H,19,21). The van der Waals surface area contributed by atoms with Gasteiger partial charge in [0.1, 0.15) is 0 Å². The topological polar surface area (TPSA) is 60.1 Å². The number of nitrogens with one attached hydrogen (secondary N) is 1. The predicted octanol–water partition coefficient (Wildman–Crippen LogP) is 3.08. The summed E-state index contributed by atoms with van der Waals surface area (Å²) in [5.74, 6) is -0.0631. The second-order valence-electron chi connectivity index (χ2n) is 5.81. The van der Waals surface area contributed by atoms with Crippen LogP contribution in [0.25, 0.3) is 5.69 Å². The number of anilines is 1. The molecule has 0 aliphatic heterocycles. The van der Waals surface area contributed by atoms with E-state index in [1.807, 2.05) is 53.4 Å². The van der Waals surface area contributed by atoms with Gasteiger partial charge in [-0.25, -0.2) is 0 Å². The van der Waals surface area contributed by atoms with Crippen molar-refractivity contribution in [1.29, 1.82) is 0 Å². The van der Waals surface area contributed by atoms with Crippen LogP contribution in [0.3, 0.4) is 0 Å². The quantitative estimate of drug-likeness (QED) is 0.909. The summed E-state index contributed by atoms with van der Waals surface area (Å²) in [6, 6.07) is 11.8. The number of carbonyl (C=O) groups is 1. The van der Waals surface area contributed by atoms with Crippen molar-refractivity contribution >= 4 is 11.6 Å². The lowest BCUT2D eigenvalue weighted by Crippen LogP contribution is -2.52. The molecule has 1 aromatic heterocycles. The fourth-order valence-corrected chi connectivity index (χ4v) is 2.92. The Labute approximate surface area is 125 Å². The molecule has 1 aliphatic carbocycles. The monoisotopic (exact) mass is 283 g/mol. The zero-order chi connectivity index (χ0) is 14.7. The maximum absolute atomic E-state index is 12.4. The van der Waals surface area contributed by atoms with Crippen LogP contribution < -0.4 is 11.1 Å².